The molecule has 1 amide bonds. The summed E-state index contributed by atoms with van der Waals surface area (Å²) in [7, 11) is 0. The standard InChI is InChI=1S/C19H20F2N2O/c1-12-11-22-9-8-18(12)23-19(24)16-7-4-14(10-17(16)21)13-2-5-15(20)6-3-13/h2-7,10,12,18,22H,8-9,11H2,1H3,(H,23,24). The summed E-state index contributed by atoms with van der Waals surface area (Å²) in [4.78, 5) is 12.4. The summed E-state index contributed by atoms with van der Waals surface area (Å²) >= 11 is 0. The number of nitrogens with one attached hydrogen (secondary N) is 2. The molecule has 126 valence electrons. The predicted molar refractivity (Wildman–Crippen MR) is 89.7 cm³/mol. The van der Waals surface area contributed by atoms with Crippen LogP contribution in [0.25, 0.3) is 11.1 Å². The van der Waals surface area contributed by atoms with Crippen molar-refractivity contribution in [3.05, 3.63) is 59.7 Å². The van der Waals surface area contributed by atoms with E-state index < -0.39 is 11.7 Å². The smallest absolute Gasteiger partial charge is 0.254 e. The van der Waals surface area contributed by atoms with Crippen LogP contribution in [0.3, 0.4) is 0 Å². The number of halogens is 2. The van der Waals surface area contributed by atoms with Gasteiger partial charge in [-0.3, -0.25) is 4.79 Å². The van der Waals surface area contributed by atoms with Gasteiger partial charge in [0.05, 0.1) is 5.56 Å². The molecule has 2 N–H and O–H groups in total. The molecule has 1 aliphatic heterocycles. The molecule has 2 unspecified atom stereocenters. The van der Waals surface area contributed by atoms with Crippen LogP contribution in [0.5, 0.6) is 0 Å². The Morgan fingerprint density at radius 2 is 1.83 bits per heavy atom. The normalized spacial score (nSPS) is 20.6. The zero-order valence-corrected chi connectivity index (χ0v) is 13.5. The summed E-state index contributed by atoms with van der Waals surface area (Å²) in [5.74, 6) is -0.997. The number of carbonyl (C=O) groups excluding carboxylic acids is 1. The third-order valence-electron chi connectivity index (χ3n) is 4.49. The topological polar surface area (TPSA) is 41.1 Å². The van der Waals surface area contributed by atoms with Crippen LogP contribution < -0.4 is 10.6 Å². The Morgan fingerprint density at radius 3 is 2.50 bits per heavy atom. The molecule has 0 saturated carbocycles. The minimum Gasteiger partial charge on any atom is -0.349 e. The first-order chi connectivity index (χ1) is 11.5. The average molecular weight is 330 g/mol. The van der Waals surface area contributed by atoms with Crippen molar-refractivity contribution in [1.82, 2.24) is 10.6 Å². The Balaban J connectivity index is 1.76. The lowest BCUT2D eigenvalue weighted by Gasteiger charge is -2.30. The zero-order chi connectivity index (χ0) is 17.1. The van der Waals surface area contributed by atoms with Gasteiger partial charge in [0.15, 0.2) is 0 Å². The highest BCUT2D eigenvalue weighted by atomic mass is 19.1. The van der Waals surface area contributed by atoms with Crippen LogP contribution in [0.4, 0.5) is 8.78 Å². The second-order valence-electron chi connectivity index (χ2n) is 6.25. The average Bonchev–Trinajstić information content (AvgIpc) is 2.57. The maximum atomic E-state index is 14.4. The number of hydrogen-bond donors (Lipinski definition) is 2. The van der Waals surface area contributed by atoms with E-state index in [1.54, 1.807) is 18.2 Å². The molecule has 2 atom stereocenters. The molecule has 0 radical (unpaired) electrons. The van der Waals surface area contributed by atoms with Gasteiger partial charge in [0.25, 0.3) is 5.91 Å². The van der Waals surface area contributed by atoms with E-state index in [1.807, 2.05) is 0 Å². The minimum absolute atomic E-state index is 0.0339. The van der Waals surface area contributed by atoms with Gasteiger partial charge in [0, 0.05) is 6.04 Å². The van der Waals surface area contributed by atoms with E-state index in [4.69, 9.17) is 0 Å². The molecule has 0 spiro atoms. The largest absolute Gasteiger partial charge is 0.349 e. The first-order valence-electron chi connectivity index (χ1n) is 8.11. The number of hydrogen-bond acceptors (Lipinski definition) is 2. The fraction of sp³-hybridized carbons (Fsp3) is 0.316. The molecule has 3 rings (SSSR count). The maximum Gasteiger partial charge on any atom is 0.254 e. The van der Waals surface area contributed by atoms with Crippen LogP contribution in [-0.4, -0.2) is 25.0 Å². The third-order valence-corrected chi connectivity index (χ3v) is 4.49. The highest BCUT2D eigenvalue weighted by Gasteiger charge is 2.24. The zero-order valence-electron chi connectivity index (χ0n) is 13.5. The van der Waals surface area contributed by atoms with Crippen molar-refractivity contribution in [2.45, 2.75) is 19.4 Å². The van der Waals surface area contributed by atoms with Crippen molar-refractivity contribution >= 4 is 5.91 Å². The Hall–Kier alpha value is -2.27. The molecule has 2 aromatic carbocycles. The Kier molecular flexibility index (Phi) is 4.90. The Morgan fingerprint density at radius 1 is 1.12 bits per heavy atom. The molecule has 1 fully saturated rings. The van der Waals surface area contributed by atoms with Gasteiger partial charge >= 0.3 is 0 Å². The Bertz CT molecular complexity index is 731. The second-order valence-corrected chi connectivity index (χ2v) is 6.25. The van der Waals surface area contributed by atoms with Crippen LogP contribution in [0.1, 0.15) is 23.7 Å². The van der Waals surface area contributed by atoms with E-state index in [-0.39, 0.29) is 17.4 Å². The summed E-state index contributed by atoms with van der Waals surface area (Å²) in [5.41, 5.74) is 1.35. The molecule has 5 heteroatoms. The first-order valence-corrected chi connectivity index (χ1v) is 8.11. The van der Waals surface area contributed by atoms with Crippen molar-refractivity contribution in [2.75, 3.05) is 13.1 Å². The van der Waals surface area contributed by atoms with E-state index in [1.165, 1.54) is 24.3 Å². The van der Waals surface area contributed by atoms with Gasteiger partial charge in [-0.1, -0.05) is 25.1 Å². The van der Waals surface area contributed by atoms with E-state index in [0.717, 1.165) is 19.5 Å². The molecule has 0 aromatic heterocycles. The number of piperidine rings is 1. The van der Waals surface area contributed by atoms with Crippen molar-refractivity contribution in [1.29, 1.82) is 0 Å². The summed E-state index contributed by atoms with van der Waals surface area (Å²) in [6.07, 6.45) is 0.836. The lowest BCUT2D eigenvalue weighted by Crippen LogP contribution is -2.48. The molecule has 3 nitrogen and oxygen atoms in total. The van der Waals surface area contributed by atoms with Crippen LogP contribution >= 0.6 is 0 Å². The van der Waals surface area contributed by atoms with Gasteiger partial charge in [-0.25, -0.2) is 8.78 Å². The van der Waals surface area contributed by atoms with Gasteiger partial charge in [0.1, 0.15) is 11.6 Å². The maximum absolute atomic E-state index is 14.4. The van der Waals surface area contributed by atoms with Crippen molar-refractivity contribution in [3.8, 4) is 11.1 Å². The molecule has 2 aromatic rings. The van der Waals surface area contributed by atoms with Gasteiger partial charge in [-0.05, 0) is 60.8 Å². The summed E-state index contributed by atoms with van der Waals surface area (Å²) in [6.45, 7) is 3.75. The van der Waals surface area contributed by atoms with Crippen molar-refractivity contribution in [2.24, 2.45) is 5.92 Å². The van der Waals surface area contributed by atoms with Crippen LogP contribution in [-0.2, 0) is 0 Å². The quantitative estimate of drug-likeness (QED) is 0.906. The Labute approximate surface area is 140 Å². The molecule has 24 heavy (non-hydrogen) atoms. The fourth-order valence-electron chi connectivity index (χ4n) is 3.00. The SMILES string of the molecule is CC1CNCCC1NC(=O)c1ccc(-c2ccc(F)cc2)cc1F. The van der Waals surface area contributed by atoms with Gasteiger partial charge < -0.3 is 10.6 Å². The number of benzene rings is 2. The molecule has 1 heterocycles. The molecule has 1 aliphatic rings. The highest BCUT2D eigenvalue weighted by molar-refractivity contribution is 5.95. The number of rotatable bonds is 3. The number of amides is 1. The van der Waals surface area contributed by atoms with E-state index in [2.05, 4.69) is 17.6 Å². The molecule has 1 saturated heterocycles. The van der Waals surface area contributed by atoms with E-state index in [0.29, 0.717) is 17.0 Å². The summed E-state index contributed by atoms with van der Waals surface area (Å²) < 4.78 is 27.3. The van der Waals surface area contributed by atoms with E-state index >= 15 is 0 Å². The van der Waals surface area contributed by atoms with Crippen LogP contribution in [0.2, 0.25) is 0 Å². The van der Waals surface area contributed by atoms with Gasteiger partial charge in [0.2, 0.25) is 0 Å². The van der Waals surface area contributed by atoms with Gasteiger partial charge in [-0.15, -0.1) is 0 Å². The lowest BCUT2D eigenvalue weighted by molar-refractivity contribution is 0.0910. The summed E-state index contributed by atoms with van der Waals surface area (Å²) in [5, 5.41) is 6.19. The van der Waals surface area contributed by atoms with Crippen LogP contribution in [0, 0.1) is 17.6 Å². The lowest BCUT2D eigenvalue weighted by atomic mass is 9.95. The van der Waals surface area contributed by atoms with Crippen molar-refractivity contribution < 1.29 is 13.6 Å². The predicted octanol–water partition coefficient (Wildman–Crippen LogP) is 3.36. The fourth-order valence-corrected chi connectivity index (χ4v) is 3.00. The van der Waals surface area contributed by atoms with Gasteiger partial charge in [-0.2, -0.15) is 0 Å². The molecular formula is C19H20F2N2O. The monoisotopic (exact) mass is 330 g/mol. The van der Waals surface area contributed by atoms with Crippen LogP contribution in [0.15, 0.2) is 42.5 Å². The number of carbonyl (C=O) groups is 1. The minimum atomic E-state index is -0.573. The third kappa shape index (κ3) is 3.62. The molecule has 0 aliphatic carbocycles. The molecule has 0 bridgehead atoms. The first kappa shape index (κ1) is 16.6. The second kappa shape index (κ2) is 7.09. The highest BCUT2D eigenvalue weighted by Crippen LogP contribution is 2.23. The van der Waals surface area contributed by atoms with Crippen molar-refractivity contribution in [3.63, 3.8) is 0 Å². The van der Waals surface area contributed by atoms with E-state index in [9.17, 15) is 13.6 Å². The molecular weight excluding hydrogens is 310 g/mol. The summed E-state index contributed by atoms with van der Waals surface area (Å²) in [6, 6.07) is 10.3.